The van der Waals surface area contributed by atoms with Crippen molar-refractivity contribution < 1.29 is 9.53 Å². The number of rotatable bonds is 7. The Labute approximate surface area is 164 Å². The van der Waals surface area contributed by atoms with Crippen LogP contribution in [0.4, 0.5) is 0 Å². The van der Waals surface area contributed by atoms with Crippen LogP contribution in [0.1, 0.15) is 39.9 Å². The molecule has 1 heterocycles. The number of carbonyl (C=O) groups excluding carboxylic acids is 1. The average Bonchev–Trinajstić information content (AvgIpc) is 2.63. The van der Waals surface area contributed by atoms with Gasteiger partial charge in [-0.1, -0.05) is 6.07 Å². The average molecular weight is 382 g/mol. The van der Waals surface area contributed by atoms with E-state index < -0.39 is 5.56 Å². The van der Waals surface area contributed by atoms with Crippen molar-refractivity contribution in [3.63, 3.8) is 0 Å². The summed E-state index contributed by atoms with van der Waals surface area (Å²) in [6.07, 6.45) is 0.636. The molecule has 0 aliphatic rings. The zero-order chi connectivity index (χ0) is 20.8. The van der Waals surface area contributed by atoms with Crippen LogP contribution >= 0.6 is 0 Å². The maximum atomic E-state index is 12.2. The summed E-state index contributed by atoms with van der Waals surface area (Å²) in [6, 6.07) is 6.00. The summed E-state index contributed by atoms with van der Waals surface area (Å²) >= 11 is 0. The fourth-order valence-electron chi connectivity index (χ4n) is 2.84. The van der Waals surface area contributed by atoms with E-state index in [0.29, 0.717) is 30.8 Å². The van der Waals surface area contributed by atoms with Gasteiger partial charge < -0.3 is 10.1 Å². The molecule has 1 aromatic carbocycles. The lowest BCUT2D eigenvalue weighted by Gasteiger charge is -2.13. The highest BCUT2D eigenvalue weighted by molar-refractivity contribution is 5.75. The van der Waals surface area contributed by atoms with Crippen LogP contribution in [0, 0.1) is 45.9 Å². The molecule has 2 aromatic rings. The van der Waals surface area contributed by atoms with Gasteiger partial charge in [0, 0.05) is 6.54 Å². The number of nitriles is 1. The van der Waals surface area contributed by atoms with Gasteiger partial charge in [-0.2, -0.15) is 10.4 Å². The fourth-order valence-corrected chi connectivity index (χ4v) is 2.84. The van der Waals surface area contributed by atoms with Gasteiger partial charge in [0.2, 0.25) is 5.91 Å². The number of aromatic nitrogens is 2. The Kier molecular flexibility index (Phi) is 6.94. The van der Waals surface area contributed by atoms with E-state index in [1.165, 1.54) is 5.56 Å². The smallest absolute Gasteiger partial charge is 0.285 e. The Morgan fingerprint density at radius 2 is 1.93 bits per heavy atom. The third kappa shape index (κ3) is 4.97. The highest BCUT2D eigenvalue weighted by Crippen LogP contribution is 2.23. The van der Waals surface area contributed by atoms with Crippen LogP contribution in [0.15, 0.2) is 16.9 Å². The zero-order valence-electron chi connectivity index (χ0n) is 17.0. The van der Waals surface area contributed by atoms with E-state index in [1.54, 1.807) is 13.8 Å². The predicted octanol–water partition coefficient (Wildman–Crippen LogP) is 2.24. The lowest BCUT2D eigenvalue weighted by Crippen LogP contribution is -2.36. The molecule has 7 nitrogen and oxygen atoms in total. The van der Waals surface area contributed by atoms with Gasteiger partial charge in [-0.05, 0) is 69.4 Å². The number of amides is 1. The van der Waals surface area contributed by atoms with E-state index in [9.17, 15) is 9.59 Å². The molecule has 148 valence electrons. The van der Waals surface area contributed by atoms with Crippen molar-refractivity contribution >= 4 is 5.91 Å². The van der Waals surface area contributed by atoms with E-state index >= 15 is 0 Å². The highest BCUT2D eigenvalue weighted by Gasteiger charge is 2.13. The quantitative estimate of drug-likeness (QED) is 0.741. The van der Waals surface area contributed by atoms with Crippen LogP contribution in [0.25, 0.3) is 0 Å². The van der Waals surface area contributed by atoms with Crippen LogP contribution in [-0.4, -0.2) is 28.8 Å². The van der Waals surface area contributed by atoms with Crippen LogP contribution in [0.5, 0.6) is 5.75 Å². The molecule has 0 radical (unpaired) electrons. The summed E-state index contributed by atoms with van der Waals surface area (Å²) < 4.78 is 6.86. The Balaban J connectivity index is 1.85. The van der Waals surface area contributed by atoms with Crippen molar-refractivity contribution in [1.82, 2.24) is 15.1 Å². The zero-order valence-corrected chi connectivity index (χ0v) is 17.0. The molecule has 0 fully saturated rings. The molecule has 0 atom stereocenters. The second kappa shape index (κ2) is 9.18. The minimum absolute atomic E-state index is 0.0255. The summed E-state index contributed by atoms with van der Waals surface area (Å²) in [6.45, 7) is 10.2. The summed E-state index contributed by atoms with van der Waals surface area (Å²) in [5.41, 5.74) is 4.03. The molecule has 0 bridgehead atoms. The molecular formula is C21H26N4O3. The Morgan fingerprint density at radius 3 is 2.61 bits per heavy atom. The minimum Gasteiger partial charge on any atom is -0.493 e. The Morgan fingerprint density at radius 1 is 1.21 bits per heavy atom. The molecule has 28 heavy (non-hydrogen) atoms. The second-order valence-electron chi connectivity index (χ2n) is 6.92. The van der Waals surface area contributed by atoms with Crippen molar-refractivity contribution in [3.05, 3.63) is 56.0 Å². The largest absolute Gasteiger partial charge is 0.493 e. The summed E-state index contributed by atoms with van der Waals surface area (Å²) in [7, 11) is 0. The number of benzene rings is 1. The molecule has 0 saturated carbocycles. The van der Waals surface area contributed by atoms with Gasteiger partial charge in [0.25, 0.3) is 5.56 Å². The molecule has 1 aromatic heterocycles. The number of aryl methyl sites for hydroxylation is 3. The minimum atomic E-state index is -0.547. The van der Waals surface area contributed by atoms with Crippen LogP contribution in [0.3, 0.4) is 0 Å². The van der Waals surface area contributed by atoms with Crippen LogP contribution in [0.2, 0.25) is 0 Å². The summed E-state index contributed by atoms with van der Waals surface area (Å²) in [4.78, 5) is 24.3. The number of hydrogen-bond donors (Lipinski definition) is 1. The molecule has 1 amide bonds. The summed E-state index contributed by atoms with van der Waals surface area (Å²) in [5, 5.41) is 16.0. The first-order chi connectivity index (χ1) is 13.2. The van der Waals surface area contributed by atoms with E-state index in [-0.39, 0.29) is 18.0 Å². The van der Waals surface area contributed by atoms with Crippen LogP contribution < -0.4 is 15.6 Å². The molecule has 7 heteroatoms. The standard InChI is InChI=1S/C21H26N4O3/c1-13-9-14(2)15(3)19(10-13)28-8-6-7-23-20(26)12-25-21(27)18(11-22)16(4)17(5)24-25/h9-10H,6-8,12H2,1-5H3,(H,23,26). The van der Waals surface area contributed by atoms with E-state index in [1.807, 2.05) is 26.0 Å². The first kappa shape index (κ1) is 21.2. The molecule has 1 N–H and O–H groups in total. The van der Waals surface area contributed by atoms with Crippen molar-refractivity contribution in [2.75, 3.05) is 13.2 Å². The molecular weight excluding hydrogens is 356 g/mol. The predicted molar refractivity (Wildman–Crippen MR) is 106 cm³/mol. The van der Waals surface area contributed by atoms with Crippen molar-refractivity contribution in [2.24, 2.45) is 0 Å². The molecule has 2 rings (SSSR count). The van der Waals surface area contributed by atoms with Gasteiger partial charge in [-0.25, -0.2) is 4.68 Å². The Bertz CT molecular complexity index is 987. The molecule has 0 aliphatic heterocycles. The second-order valence-corrected chi connectivity index (χ2v) is 6.92. The van der Waals surface area contributed by atoms with Crippen molar-refractivity contribution in [1.29, 1.82) is 5.26 Å². The summed E-state index contributed by atoms with van der Waals surface area (Å²) in [5.74, 6) is 0.531. The number of carbonyl (C=O) groups is 1. The van der Waals surface area contributed by atoms with Gasteiger partial charge >= 0.3 is 0 Å². The van der Waals surface area contributed by atoms with E-state index in [2.05, 4.69) is 23.4 Å². The fraction of sp³-hybridized carbons (Fsp3) is 0.429. The van der Waals surface area contributed by atoms with E-state index in [4.69, 9.17) is 10.00 Å². The normalized spacial score (nSPS) is 10.4. The molecule has 0 aliphatic carbocycles. The monoisotopic (exact) mass is 382 g/mol. The number of hydrogen-bond acceptors (Lipinski definition) is 5. The lowest BCUT2D eigenvalue weighted by molar-refractivity contribution is -0.121. The van der Waals surface area contributed by atoms with Crippen LogP contribution in [-0.2, 0) is 11.3 Å². The van der Waals surface area contributed by atoms with Crippen molar-refractivity contribution in [3.8, 4) is 11.8 Å². The lowest BCUT2D eigenvalue weighted by atomic mass is 10.1. The third-order valence-corrected chi connectivity index (χ3v) is 4.71. The topological polar surface area (TPSA) is 97.0 Å². The Hall–Kier alpha value is -3.14. The van der Waals surface area contributed by atoms with Gasteiger partial charge in [-0.15, -0.1) is 0 Å². The van der Waals surface area contributed by atoms with Crippen molar-refractivity contribution in [2.45, 2.75) is 47.6 Å². The number of nitrogens with one attached hydrogen (secondary N) is 1. The molecule has 0 spiro atoms. The highest BCUT2D eigenvalue weighted by atomic mass is 16.5. The van der Waals surface area contributed by atoms with Gasteiger partial charge in [0.05, 0.1) is 12.3 Å². The number of nitrogens with zero attached hydrogens (tertiary/aromatic N) is 3. The molecule has 0 unspecified atom stereocenters. The SMILES string of the molecule is Cc1cc(C)c(C)c(OCCCNC(=O)Cn2nc(C)c(C)c(C#N)c2=O)c1. The maximum Gasteiger partial charge on any atom is 0.285 e. The van der Waals surface area contributed by atoms with Gasteiger partial charge in [0.15, 0.2) is 0 Å². The third-order valence-electron chi connectivity index (χ3n) is 4.71. The van der Waals surface area contributed by atoms with E-state index in [0.717, 1.165) is 21.6 Å². The molecule has 0 saturated heterocycles. The number of ether oxygens (including phenoxy) is 1. The van der Waals surface area contributed by atoms with Gasteiger partial charge in [0.1, 0.15) is 23.9 Å². The maximum absolute atomic E-state index is 12.2. The first-order valence-electron chi connectivity index (χ1n) is 9.20. The van der Waals surface area contributed by atoms with Gasteiger partial charge in [-0.3, -0.25) is 9.59 Å². The first-order valence-corrected chi connectivity index (χ1v) is 9.20.